The maximum Gasteiger partial charge on any atom is 0.181 e. The van der Waals surface area contributed by atoms with E-state index in [9.17, 15) is 4.79 Å². The number of ketones is 1. The predicted molar refractivity (Wildman–Crippen MR) is 68.3 cm³/mol. The van der Waals surface area contributed by atoms with E-state index in [0.717, 1.165) is 25.2 Å². The maximum absolute atomic E-state index is 11.6. The zero-order chi connectivity index (χ0) is 12.3. The Morgan fingerprint density at radius 1 is 1.38 bits per heavy atom. The van der Waals surface area contributed by atoms with Gasteiger partial charge in [0, 0.05) is 12.5 Å². The molecule has 1 atom stereocenters. The van der Waals surface area contributed by atoms with Crippen LogP contribution in [0.3, 0.4) is 0 Å². The Kier molecular flexibility index (Phi) is 4.09. The lowest BCUT2D eigenvalue weighted by Gasteiger charge is -2.38. The molecule has 0 aromatic carbocycles. The van der Waals surface area contributed by atoms with Gasteiger partial charge in [-0.2, -0.15) is 0 Å². The molecule has 1 rings (SSSR count). The fourth-order valence-electron chi connectivity index (χ4n) is 2.22. The molecule has 0 amide bonds. The van der Waals surface area contributed by atoms with Gasteiger partial charge in [-0.3, -0.25) is 4.79 Å². The van der Waals surface area contributed by atoms with Gasteiger partial charge in [0.05, 0.1) is 0 Å². The molecule has 2 nitrogen and oxygen atoms in total. The first-order valence-electron chi connectivity index (χ1n) is 6.07. The second-order valence-electron chi connectivity index (χ2n) is 5.08. The van der Waals surface area contributed by atoms with Crippen molar-refractivity contribution in [1.29, 1.82) is 0 Å². The summed E-state index contributed by atoms with van der Waals surface area (Å²) in [6.45, 7) is 15.6. The van der Waals surface area contributed by atoms with Crippen molar-refractivity contribution in [3.05, 3.63) is 24.3 Å². The number of nitrogens with zero attached hydrogens (tertiary/aromatic N) is 1. The van der Waals surface area contributed by atoms with Crippen LogP contribution < -0.4 is 0 Å². The molecular weight excluding hydrogens is 198 g/mol. The molecule has 0 aromatic heterocycles. The molecule has 0 bridgehead atoms. The average Bonchev–Trinajstić information content (AvgIpc) is 2.25. The predicted octanol–water partition coefficient (Wildman–Crippen LogP) is 2.67. The van der Waals surface area contributed by atoms with Gasteiger partial charge in [-0.1, -0.05) is 40.3 Å². The van der Waals surface area contributed by atoms with Gasteiger partial charge >= 0.3 is 0 Å². The Labute approximate surface area is 99.0 Å². The van der Waals surface area contributed by atoms with E-state index in [4.69, 9.17) is 0 Å². The summed E-state index contributed by atoms with van der Waals surface area (Å²) in [7, 11) is 0. The van der Waals surface area contributed by atoms with Gasteiger partial charge < -0.3 is 4.90 Å². The van der Waals surface area contributed by atoms with Crippen LogP contribution >= 0.6 is 0 Å². The van der Waals surface area contributed by atoms with Crippen LogP contribution in [0.4, 0.5) is 0 Å². The van der Waals surface area contributed by atoms with Crippen molar-refractivity contribution in [3.8, 4) is 0 Å². The molecule has 1 aliphatic rings. The van der Waals surface area contributed by atoms with Crippen molar-refractivity contribution in [2.24, 2.45) is 11.3 Å². The first-order valence-corrected chi connectivity index (χ1v) is 6.07. The molecule has 0 radical (unpaired) electrons. The monoisotopic (exact) mass is 221 g/mol. The zero-order valence-electron chi connectivity index (χ0n) is 10.9. The fourth-order valence-corrected chi connectivity index (χ4v) is 2.22. The number of carbonyl (C=O) groups is 1. The minimum atomic E-state index is 0.0353. The molecule has 0 saturated heterocycles. The second-order valence-corrected chi connectivity index (χ2v) is 5.08. The lowest BCUT2D eigenvalue weighted by molar-refractivity contribution is -0.112. The first kappa shape index (κ1) is 13.2. The van der Waals surface area contributed by atoms with E-state index in [1.807, 2.05) is 6.08 Å². The molecular formula is C14H23NO. The van der Waals surface area contributed by atoms with Crippen LogP contribution in [0.5, 0.6) is 0 Å². The van der Waals surface area contributed by atoms with Crippen LogP contribution in [0, 0.1) is 11.3 Å². The van der Waals surface area contributed by atoms with Gasteiger partial charge in [0.15, 0.2) is 5.78 Å². The minimum Gasteiger partial charge on any atom is -0.303 e. The summed E-state index contributed by atoms with van der Waals surface area (Å²) >= 11 is 0. The molecule has 1 unspecified atom stereocenters. The number of allylic oxidation sites excluding steroid dienone is 2. The lowest BCUT2D eigenvalue weighted by atomic mass is 9.70. The fraction of sp³-hybridized carbons (Fsp3) is 0.643. The molecule has 0 saturated carbocycles. The molecule has 90 valence electrons. The second kappa shape index (κ2) is 4.96. The van der Waals surface area contributed by atoms with Crippen LogP contribution in [-0.4, -0.2) is 30.3 Å². The topological polar surface area (TPSA) is 20.3 Å². The first-order chi connectivity index (χ1) is 7.42. The van der Waals surface area contributed by atoms with Crippen LogP contribution in [0.15, 0.2) is 24.3 Å². The Bertz CT molecular complexity index is 311. The van der Waals surface area contributed by atoms with E-state index >= 15 is 0 Å². The Morgan fingerprint density at radius 3 is 2.44 bits per heavy atom. The van der Waals surface area contributed by atoms with Crippen molar-refractivity contribution in [2.75, 3.05) is 19.6 Å². The van der Waals surface area contributed by atoms with E-state index in [1.165, 1.54) is 0 Å². The third-order valence-corrected chi connectivity index (χ3v) is 3.63. The standard InChI is InChI=1S/C14H23NO/c1-6-15(7-2)10-12-11(3)13(16)8-9-14(12,4)5/h8-9,12H,3,6-7,10H2,1-2,4-5H3. The van der Waals surface area contributed by atoms with Crippen LogP contribution in [0.2, 0.25) is 0 Å². The summed E-state index contributed by atoms with van der Waals surface area (Å²) in [5, 5.41) is 0. The molecule has 0 aromatic rings. The van der Waals surface area contributed by atoms with Crippen LogP contribution in [-0.2, 0) is 4.79 Å². The molecule has 0 N–H and O–H groups in total. The molecule has 0 heterocycles. The molecule has 16 heavy (non-hydrogen) atoms. The van der Waals surface area contributed by atoms with Gasteiger partial charge in [-0.15, -0.1) is 0 Å². The Hall–Kier alpha value is -0.890. The highest BCUT2D eigenvalue weighted by molar-refractivity contribution is 6.05. The summed E-state index contributed by atoms with van der Waals surface area (Å²) in [5.41, 5.74) is 0.799. The van der Waals surface area contributed by atoms with E-state index < -0.39 is 0 Å². The quantitative estimate of drug-likeness (QED) is 0.680. The van der Waals surface area contributed by atoms with E-state index in [0.29, 0.717) is 0 Å². The summed E-state index contributed by atoms with van der Waals surface area (Å²) in [6.07, 6.45) is 3.69. The van der Waals surface area contributed by atoms with Gasteiger partial charge in [0.25, 0.3) is 0 Å². The van der Waals surface area contributed by atoms with Crippen molar-refractivity contribution in [3.63, 3.8) is 0 Å². The van der Waals surface area contributed by atoms with Crippen LogP contribution in [0.25, 0.3) is 0 Å². The van der Waals surface area contributed by atoms with Gasteiger partial charge in [0.1, 0.15) is 0 Å². The van der Waals surface area contributed by atoms with E-state index in [1.54, 1.807) is 6.08 Å². The zero-order valence-corrected chi connectivity index (χ0v) is 10.9. The third-order valence-electron chi connectivity index (χ3n) is 3.63. The van der Waals surface area contributed by atoms with Gasteiger partial charge in [-0.05, 0) is 30.2 Å². The SMILES string of the molecule is C=C1C(=O)C=CC(C)(C)C1CN(CC)CC. The number of hydrogen-bond acceptors (Lipinski definition) is 2. The summed E-state index contributed by atoms with van der Waals surface area (Å²) in [6, 6.07) is 0. The Balaban J connectivity index is 2.87. The number of carbonyl (C=O) groups excluding carboxylic acids is 1. The molecule has 0 spiro atoms. The largest absolute Gasteiger partial charge is 0.303 e. The third kappa shape index (κ3) is 2.62. The highest BCUT2D eigenvalue weighted by atomic mass is 16.1. The average molecular weight is 221 g/mol. The number of rotatable bonds is 4. The Morgan fingerprint density at radius 2 is 1.94 bits per heavy atom. The smallest absolute Gasteiger partial charge is 0.181 e. The van der Waals surface area contributed by atoms with E-state index in [2.05, 4.69) is 39.2 Å². The highest BCUT2D eigenvalue weighted by Gasteiger charge is 2.35. The van der Waals surface area contributed by atoms with Crippen molar-refractivity contribution in [1.82, 2.24) is 4.90 Å². The molecule has 2 heteroatoms. The number of hydrogen-bond donors (Lipinski definition) is 0. The van der Waals surface area contributed by atoms with Crippen molar-refractivity contribution >= 4 is 5.78 Å². The summed E-state index contributed by atoms with van der Waals surface area (Å²) < 4.78 is 0. The van der Waals surface area contributed by atoms with Crippen LogP contribution in [0.1, 0.15) is 27.7 Å². The van der Waals surface area contributed by atoms with Gasteiger partial charge in [-0.25, -0.2) is 0 Å². The summed E-state index contributed by atoms with van der Waals surface area (Å²) in [5.74, 6) is 0.335. The van der Waals surface area contributed by atoms with Crippen molar-refractivity contribution in [2.45, 2.75) is 27.7 Å². The molecule has 0 fully saturated rings. The summed E-state index contributed by atoms with van der Waals surface area (Å²) in [4.78, 5) is 14.0. The highest BCUT2D eigenvalue weighted by Crippen LogP contribution is 2.37. The lowest BCUT2D eigenvalue weighted by Crippen LogP contribution is -2.40. The van der Waals surface area contributed by atoms with Gasteiger partial charge in [0.2, 0.25) is 0 Å². The minimum absolute atomic E-state index is 0.0353. The molecule has 0 aliphatic heterocycles. The molecule has 1 aliphatic carbocycles. The van der Waals surface area contributed by atoms with E-state index in [-0.39, 0.29) is 17.1 Å². The normalized spacial score (nSPS) is 24.2. The maximum atomic E-state index is 11.6. The van der Waals surface area contributed by atoms with Crippen molar-refractivity contribution < 1.29 is 4.79 Å².